The van der Waals surface area contributed by atoms with Crippen LogP contribution in [0.4, 0.5) is 0 Å². The minimum Gasteiger partial charge on any atom is -0.491 e. The van der Waals surface area contributed by atoms with E-state index in [4.69, 9.17) is 21.1 Å². The fourth-order valence-electron chi connectivity index (χ4n) is 2.88. The zero-order valence-corrected chi connectivity index (χ0v) is 13.5. The number of likely N-dealkylation sites (tertiary alicyclic amines) is 1. The van der Waals surface area contributed by atoms with E-state index in [9.17, 15) is 5.11 Å². The molecular formula is C16H24ClNO3. The number of aliphatic hydroxyl groups is 1. The van der Waals surface area contributed by atoms with Gasteiger partial charge in [-0.25, -0.2) is 0 Å². The van der Waals surface area contributed by atoms with Gasteiger partial charge in [0.25, 0.3) is 0 Å². The molecular weight excluding hydrogens is 290 g/mol. The number of rotatable bonds is 6. The summed E-state index contributed by atoms with van der Waals surface area (Å²) in [7, 11) is 1.60. The number of benzene rings is 1. The highest BCUT2D eigenvalue weighted by atomic mass is 35.5. The third-order valence-electron chi connectivity index (χ3n) is 3.84. The number of halogens is 1. The van der Waals surface area contributed by atoms with Crippen LogP contribution in [-0.4, -0.2) is 43.4 Å². The van der Waals surface area contributed by atoms with E-state index in [-0.39, 0.29) is 6.61 Å². The fourth-order valence-corrected chi connectivity index (χ4v) is 3.19. The third kappa shape index (κ3) is 4.25. The molecule has 2 rings (SSSR count). The maximum Gasteiger partial charge on any atom is 0.179 e. The van der Waals surface area contributed by atoms with Crippen molar-refractivity contribution in [1.29, 1.82) is 0 Å². The quantitative estimate of drug-likeness (QED) is 0.877. The molecule has 1 unspecified atom stereocenters. The van der Waals surface area contributed by atoms with Crippen LogP contribution in [0.2, 0.25) is 5.02 Å². The van der Waals surface area contributed by atoms with Gasteiger partial charge in [0.2, 0.25) is 0 Å². The SMILES string of the molecule is CCOc1cc(CN2CCCC(CO)C2)cc(Cl)c1OC. The number of aliphatic hydroxyl groups excluding tert-OH is 1. The van der Waals surface area contributed by atoms with Crippen molar-refractivity contribution in [2.75, 3.05) is 33.4 Å². The van der Waals surface area contributed by atoms with E-state index in [1.54, 1.807) is 7.11 Å². The van der Waals surface area contributed by atoms with E-state index < -0.39 is 0 Å². The van der Waals surface area contributed by atoms with Gasteiger partial charge < -0.3 is 14.6 Å². The van der Waals surface area contributed by atoms with Gasteiger partial charge in [-0.2, -0.15) is 0 Å². The van der Waals surface area contributed by atoms with Crippen molar-refractivity contribution in [2.24, 2.45) is 5.92 Å². The minimum absolute atomic E-state index is 0.268. The molecule has 0 aliphatic carbocycles. The summed E-state index contributed by atoms with van der Waals surface area (Å²) < 4.78 is 10.9. The van der Waals surface area contributed by atoms with Crippen LogP contribution in [0.15, 0.2) is 12.1 Å². The molecule has 0 spiro atoms. The molecule has 1 aliphatic heterocycles. The molecule has 0 amide bonds. The molecule has 1 saturated heterocycles. The number of methoxy groups -OCH3 is 1. The van der Waals surface area contributed by atoms with Crippen LogP contribution in [0.3, 0.4) is 0 Å². The van der Waals surface area contributed by atoms with E-state index in [1.165, 1.54) is 0 Å². The predicted octanol–water partition coefficient (Wildman–Crippen LogP) is 2.95. The van der Waals surface area contributed by atoms with Gasteiger partial charge in [0, 0.05) is 19.7 Å². The molecule has 0 saturated carbocycles. The number of piperidine rings is 1. The molecule has 1 aliphatic rings. The Kier molecular flexibility index (Phi) is 6.15. The fraction of sp³-hybridized carbons (Fsp3) is 0.625. The second kappa shape index (κ2) is 7.87. The van der Waals surface area contributed by atoms with Gasteiger partial charge in [-0.15, -0.1) is 0 Å². The first-order valence-corrected chi connectivity index (χ1v) is 7.88. The average molecular weight is 314 g/mol. The smallest absolute Gasteiger partial charge is 0.179 e. The largest absolute Gasteiger partial charge is 0.491 e. The Balaban J connectivity index is 2.12. The third-order valence-corrected chi connectivity index (χ3v) is 4.12. The molecule has 4 nitrogen and oxygen atoms in total. The lowest BCUT2D eigenvalue weighted by Crippen LogP contribution is -2.36. The van der Waals surface area contributed by atoms with E-state index in [2.05, 4.69) is 4.90 Å². The maximum atomic E-state index is 9.32. The van der Waals surface area contributed by atoms with Crippen molar-refractivity contribution in [3.8, 4) is 11.5 Å². The molecule has 1 fully saturated rings. The van der Waals surface area contributed by atoms with E-state index >= 15 is 0 Å². The zero-order valence-electron chi connectivity index (χ0n) is 12.8. The van der Waals surface area contributed by atoms with Crippen molar-refractivity contribution in [3.63, 3.8) is 0 Å². The van der Waals surface area contributed by atoms with Crippen molar-refractivity contribution >= 4 is 11.6 Å². The average Bonchev–Trinajstić information content (AvgIpc) is 2.47. The first-order chi connectivity index (χ1) is 10.2. The van der Waals surface area contributed by atoms with Crippen LogP contribution in [0, 0.1) is 5.92 Å². The Morgan fingerprint density at radius 3 is 2.90 bits per heavy atom. The Hall–Kier alpha value is -0.970. The van der Waals surface area contributed by atoms with Gasteiger partial charge in [0.05, 0.1) is 18.7 Å². The van der Waals surface area contributed by atoms with Gasteiger partial charge in [-0.3, -0.25) is 4.90 Å². The maximum absolute atomic E-state index is 9.32. The van der Waals surface area contributed by atoms with Crippen molar-refractivity contribution in [1.82, 2.24) is 4.90 Å². The highest BCUT2D eigenvalue weighted by molar-refractivity contribution is 6.32. The summed E-state index contributed by atoms with van der Waals surface area (Å²) in [5, 5.41) is 9.90. The van der Waals surface area contributed by atoms with Gasteiger partial charge >= 0.3 is 0 Å². The molecule has 118 valence electrons. The molecule has 0 bridgehead atoms. The van der Waals surface area contributed by atoms with E-state index in [1.807, 2.05) is 19.1 Å². The van der Waals surface area contributed by atoms with Gasteiger partial charge in [0.15, 0.2) is 11.5 Å². The second-order valence-electron chi connectivity index (χ2n) is 5.47. The summed E-state index contributed by atoms with van der Waals surface area (Å²) >= 11 is 6.28. The van der Waals surface area contributed by atoms with Crippen LogP contribution in [0.25, 0.3) is 0 Å². The summed E-state index contributed by atoms with van der Waals surface area (Å²) in [6.45, 7) is 5.60. The number of ether oxygens (including phenoxy) is 2. The summed E-state index contributed by atoms with van der Waals surface area (Å²) in [6.07, 6.45) is 2.24. The zero-order chi connectivity index (χ0) is 15.2. The summed E-state index contributed by atoms with van der Waals surface area (Å²) in [5.41, 5.74) is 1.11. The molecule has 1 N–H and O–H groups in total. The molecule has 0 aromatic heterocycles. The molecule has 1 atom stereocenters. The lowest BCUT2D eigenvalue weighted by molar-refractivity contribution is 0.116. The minimum atomic E-state index is 0.268. The summed E-state index contributed by atoms with van der Waals surface area (Å²) in [4.78, 5) is 2.36. The van der Waals surface area contributed by atoms with Crippen molar-refractivity contribution < 1.29 is 14.6 Å². The van der Waals surface area contributed by atoms with Gasteiger partial charge in [-0.05, 0) is 49.9 Å². The molecule has 21 heavy (non-hydrogen) atoms. The Bertz CT molecular complexity index is 467. The molecule has 5 heteroatoms. The number of hydrogen-bond donors (Lipinski definition) is 1. The van der Waals surface area contributed by atoms with E-state index in [0.717, 1.165) is 38.0 Å². The van der Waals surface area contributed by atoms with E-state index in [0.29, 0.717) is 29.0 Å². The molecule has 0 radical (unpaired) electrons. The van der Waals surface area contributed by atoms with Gasteiger partial charge in [0.1, 0.15) is 0 Å². The van der Waals surface area contributed by atoms with Crippen molar-refractivity contribution in [2.45, 2.75) is 26.3 Å². The van der Waals surface area contributed by atoms with Crippen molar-refractivity contribution in [3.05, 3.63) is 22.7 Å². The lowest BCUT2D eigenvalue weighted by atomic mass is 9.98. The van der Waals surface area contributed by atoms with Crippen LogP contribution in [0.1, 0.15) is 25.3 Å². The highest BCUT2D eigenvalue weighted by Gasteiger charge is 2.20. The first-order valence-electron chi connectivity index (χ1n) is 7.50. The molecule has 1 aromatic rings. The van der Waals surface area contributed by atoms with Crippen LogP contribution >= 0.6 is 11.6 Å². The summed E-state index contributed by atoms with van der Waals surface area (Å²) in [6, 6.07) is 3.93. The lowest BCUT2D eigenvalue weighted by Gasteiger charge is -2.32. The number of hydrogen-bond acceptors (Lipinski definition) is 4. The Labute approximate surface area is 131 Å². The normalized spacial score (nSPS) is 19.5. The second-order valence-corrected chi connectivity index (χ2v) is 5.88. The first kappa shape index (κ1) is 16.4. The topological polar surface area (TPSA) is 41.9 Å². The monoisotopic (exact) mass is 313 g/mol. The molecule has 1 heterocycles. The van der Waals surface area contributed by atoms with Crippen LogP contribution in [0.5, 0.6) is 11.5 Å². The predicted molar refractivity (Wildman–Crippen MR) is 84.3 cm³/mol. The Morgan fingerprint density at radius 1 is 1.43 bits per heavy atom. The van der Waals surface area contributed by atoms with Crippen LogP contribution < -0.4 is 9.47 Å². The standard InChI is InChI=1S/C16H24ClNO3/c1-3-21-15-8-13(7-14(17)16(15)20-2)10-18-6-4-5-12(9-18)11-19/h7-8,12,19H,3-6,9-11H2,1-2H3. The molecule has 1 aromatic carbocycles. The van der Waals surface area contributed by atoms with Crippen LogP contribution in [-0.2, 0) is 6.54 Å². The Morgan fingerprint density at radius 2 is 2.24 bits per heavy atom. The highest BCUT2D eigenvalue weighted by Crippen LogP contribution is 2.36. The summed E-state index contributed by atoms with van der Waals surface area (Å²) in [5.74, 6) is 1.67. The van der Waals surface area contributed by atoms with Gasteiger partial charge in [-0.1, -0.05) is 11.6 Å². The number of nitrogens with zero attached hydrogens (tertiary/aromatic N) is 1.